The maximum atomic E-state index is 11.2. The molecule has 0 aliphatic carbocycles. The lowest BCUT2D eigenvalue weighted by Gasteiger charge is -2.04. The predicted octanol–water partition coefficient (Wildman–Crippen LogP) is 2.21. The van der Waals surface area contributed by atoms with Crippen LogP contribution in [0.1, 0.15) is 45.4 Å². The summed E-state index contributed by atoms with van der Waals surface area (Å²) < 4.78 is 5.12. The first-order chi connectivity index (χ1) is 7.33. The van der Waals surface area contributed by atoms with Gasteiger partial charge in [-0.2, -0.15) is 0 Å². The maximum Gasteiger partial charge on any atom is 0.320 e. The van der Waals surface area contributed by atoms with E-state index < -0.39 is 0 Å². The molecular formula is C12H23NO2. The van der Waals surface area contributed by atoms with Gasteiger partial charge in [0.2, 0.25) is 0 Å². The lowest BCUT2D eigenvalue weighted by Crippen LogP contribution is -2.16. The molecule has 0 aromatic carbocycles. The molecule has 0 bridgehead atoms. The van der Waals surface area contributed by atoms with E-state index in [4.69, 9.17) is 4.74 Å². The second kappa shape index (κ2) is 7.69. The normalized spacial score (nSPS) is 15.3. The first-order valence-corrected chi connectivity index (χ1v) is 6.21. The highest BCUT2D eigenvalue weighted by Gasteiger charge is 2.20. The van der Waals surface area contributed by atoms with Crippen molar-refractivity contribution in [1.82, 2.24) is 4.90 Å². The number of hydrogen-bond donors (Lipinski definition) is 0. The third kappa shape index (κ3) is 7.37. The molecule has 0 atom stereocenters. The highest BCUT2D eigenvalue weighted by molar-refractivity contribution is 5.71. The molecule has 0 radical (unpaired) electrons. The van der Waals surface area contributed by atoms with E-state index in [0.29, 0.717) is 13.2 Å². The summed E-state index contributed by atoms with van der Waals surface area (Å²) >= 11 is 0. The summed E-state index contributed by atoms with van der Waals surface area (Å²) in [5.41, 5.74) is 0. The molecule has 0 amide bonds. The van der Waals surface area contributed by atoms with E-state index in [0.717, 1.165) is 19.5 Å². The van der Waals surface area contributed by atoms with Crippen LogP contribution in [0.15, 0.2) is 0 Å². The Balaban J connectivity index is 1.77. The molecule has 88 valence electrons. The van der Waals surface area contributed by atoms with Crippen LogP contribution in [0.3, 0.4) is 0 Å². The van der Waals surface area contributed by atoms with Crippen molar-refractivity contribution in [3.8, 4) is 0 Å². The molecule has 1 fully saturated rings. The van der Waals surface area contributed by atoms with Crippen LogP contribution in [0.4, 0.5) is 0 Å². The van der Waals surface area contributed by atoms with Crippen molar-refractivity contribution in [2.45, 2.75) is 45.4 Å². The Bertz CT molecular complexity index is 178. The lowest BCUT2D eigenvalue weighted by atomic mass is 10.1. The SMILES string of the molecule is CCCCCCCCOC(=O)CN1CC1. The molecule has 1 rings (SSSR count). The molecule has 1 aliphatic rings. The average Bonchev–Trinajstić information content (AvgIpc) is 3.00. The van der Waals surface area contributed by atoms with Crippen LogP contribution in [-0.2, 0) is 9.53 Å². The molecule has 1 saturated heterocycles. The topological polar surface area (TPSA) is 29.3 Å². The van der Waals surface area contributed by atoms with E-state index in [-0.39, 0.29) is 5.97 Å². The molecule has 0 spiro atoms. The van der Waals surface area contributed by atoms with Gasteiger partial charge in [-0.25, -0.2) is 0 Å². The number of carbonyl (C=O) groups excluding carboxylic acids is 1. The minimum Gasteiger partial charge on any atom is -0.465 e. The Hall–Kier alpha value is -0.570. The second-order valence-electron chi connectivity index (χ2n) is 4.26. The van der Waals surface area contributed by atoms with E-state index in [1.165, 1.54) is 32.1 Å². The molecular weight excluding hydrogens is 190 g/mol. The highest BCUT2D eigenvalue weighted by Crippen LogP contribution is 2.06. The first-order valence-electron chi connectivity index (χ1n) is 6.21. The van der Waals surface area contributed by atoms with Crippen molar-refractivity contribution in [2.24, 2.45) is 0 Å². The van der Waals surface area contributed by atoms with E-state index >= 15 is 0 Å². The fourth-order valence-electron chi connectivity index (χ4n) is 1.53. The van der Waals surface area contributed by atoms with Crippen LogP contribution in [0.2, 0.25) is 0 Å². The Morgan fingerprint density at radius 3 is 2.47 bits per heavy atom. The third-order valence-corrected chi connectivity index (χ3v) is 2.65. The van der Waals surface area contributed by atoms with Crippen LogP contribution in [0.25, 0.3) is 0 Å². The minimum absolute atomic E-state index is 0.0546. The summed E-state index contributed by atoms with van der Waals surface area (Å²) in [5, 5.41) is 0. The molecule has 15 heavy (non-hydrogen) atoms. The van der Waals surface area contributed by atoms with Gasteiger partial charge in [0, 0.05) is 13.1 Å². The maximum absolute atomic E-state index is 11.2. The number of unbranched alkanes of at least 4 members (excludes halogenated alkanes) is 5. The van der Waals surface area contributed by atoms with Crippen LogP contribution in [-0.4, -0.2) is 37.1 Å². The van der Waals surface area contributed by atoms with Gasteiger partial charge in [-0.05, 0) is 6.42 Å². The lowest BCUT2D eigenvalue weighted by molar-refractivity contribution is -0.143. The van der Waals surface area contributed by atoms with E-state index in [1.807, 2.05) is 0 Å². The van der Waals surface area contributed by atoms with E-state index in [9.17, 15) is 4.79 Å². The zero-order valence-corrected chi connectivity index (χ0v) is 9.83. The van der Waals surface area contributed by atoms with Gasteiger partial charge in [0.15, 0.2) is 0 Å². The van der Waals surface area contributed by atoms with E-state index in [2.05, 4.69) is 11.8 Å². The van der Waals surface area contributed by atoms with Crippen LogP contribution >= 0.6 is 0 Å². The fraction of sp³-hybridized carbons (Fsp3) is 0.917. The van der Waals surface area contributed by atoms with Gasteiger partial charge in [-0.15, -0.1) is 0 Å². The molecule has 0 aromatic heterocycles. The monoisotopic (exact) mass is 213 g/mol. The van der Waals surface area contributed by atoms with Crippen molar-refractivity contribution in [2.75, 3.05) is 26.2 Å². The summed E-state index contributed by atoms with van der Waals surface area (Å²) in [5.74, 6) is -0.0546. The van der Waals surface area contributed by atoms with Gasteiger partial charge in [-0.1, -0.05) is 39.0 Å². The Morgan fingerprint density at radius 2 is 1.80 bits per heavy atom. The summed E-state index contributed by atoms with van der Waals surface area (Å²) in [7, 11) is 0. The molecule has 0 N–H and O–H groups in total. The molecule has 0 unspecified atom stereocenters. The standard InChI is InChI=1S/C12H23NO2/c1-2-3-4-5-6-7-10-15-12(14)11-13-8-9-13/h2-11H2,1H3. The van der Waals surface area contributed by atoms with Gasteiger partial charge in [0.1, 0.15) is 0 Å². The fourth-order valence-corrected chi connectivity index (χ4v) is 1.53. The Morgan fingerprint density at radius 1 is 1.13 bits per heavy atom. The number of esters is 1. The molecule has 1 aliphatic heterocycles. The van der Waals surface area contributed by atoms with E-state index in [1.54, 1.807) is 0 Å². The first kappa shape index (κ1) is 12.5. The van der Waals surface area contributed by atoms with Crippen molar-refractivity contribution in [3.05, 3.63) is 0 Å². The van der Waals surface area contributed by atoms with Gasteiger partial charge in [-0.3, -0.25) is 9.69 Å². The third-order valence-electron chi connectivity index (χ3n) is 2.65. The number of rotatable bonds is 9. The smallest absolute Gasteiger partial charge is 0.320 e. The predicted molar refractivity (Wildman–Crippen MR) is 60.8 cm³/mol. The number of nitrogens with zero attached hydrogens (tertiary/aromatic N) is 1. The molecule has 1 heterocycles. The molecule has 0 aromatic rings. The zero-order chi connectivity index (χ0) is 10.9. The van der Waals surface area contributed by atoms with Crippen LogP contribution in [0.5, 0.6) is 0 Å². The largest absolute Gasteiger partial charge is 0.465 e. The molecule has 0 saturated carbocycles. The van der Waals surface area contributed by atoms with Crippen molar-refractivity contribution in [3.63, 3.8) is 0 Å². The second-order valence-corrected chi connectivity index (χ2v) is 4.26. The summed E-state index contributed by atoms with van der Waals surface area (Å²) in [6, 6.07) is 0. The van der Waals surface area contributed by atoms with Crippen LogP contribution in [0, 0.1) is 0 Å². The molecule has 3 heteroatoms. The van der Waals surface area contributed by atoms with Gasteiger partial charge < -0.3 is 4.74 Å². The van der Waals surface area contributed by atoms with Gasteiger partial charge in [0.05, 0.1) is 13.2 Å². The summed E-state index contributed by atoms with van der Waals surface area (Å²) in [4.78, 5) is 13.2. The minimum atomic E-state index is -0.0546. The van der Waals surface area contributed by atoms with Crippen molar-refractivity contribution >= 4 is 5.97 Å². The van der Waals surface area contributed by atoms with Gasteiger partial charge in [0.25, 0.3) is 0 Å². The number of carbonyl (C=O) groups is 1. The van der Waals surface area contributed by atoms with Crippen molar-refractivity contribution in [1.29, 1.82) is 0 Å². The van der Waals surface area contributed by atoms with Gasteiger partial charge >= 0.3 is 5.97 Å². The van der Waals surface area contributed by atoms with Crippen molar-refractivity contribution < 1.29 is 9.53 Å². The number of hydrogen-bond acceptors (Lipinski definition) is 3. The Labute approximate surface area is 92.8 Å². The highest BCUT2D eigenvalue weighted by atomic mass is 16.5. The van der Waals surface area contributed by atoms with Crippen LogP contribution < -0.4 is 0 Å². The summed E-state index contributed by atoms with van der Waals surface area (Å²) in [6.07, 6.45) is 7.42. The summed E-state index contributed by atoms with van der Waals surface area (Å²) in [6.45, 7) is 5.45. The zero-order valence-electron chi connectivity index (χ0n) is 9.83. The quantitative estimate of drug-likeness (QED) is 0.334. The Kier molecular flexibility index (Phi) is 6.41. The average molecular weight is 213 g/mol. The number of ether oxygens (including phenoxy) is 1. The molecule has 3 nitrogen and oxygen atoms in total.